The lowest BCUT2D eigenvalue weighted by Gasteiger charge is -2.32. The van der Waals surface area contributed by atoms with Crippen LogP contribution in [0, 0.1) is 17.3 Å². The van der Waals surface area contributed by atoms with Crippen LogP contribution in [0.3, 0.4) is 0 Å². The maximum atomic E-state index is 12.4. The summed E-state index contributed by atoms with van der Waals surface area (Å²) in [7, 11) is 1.18. The molecule has 1 aromatic carbocycles. The number of hydrogen-bond donors (Lipinski definition) is 1. The summed E-state index contributed by atoms with van der Waals surface area (Å²) in [6.45, 7) is 4.35. The first kappa shape index (κ1) is 20.2. The molecule has 0 bridgehead atoms. The Hall–Kier alpha value is -1.89. The summed E-state index contributed by atoms with van der Waals surface area (Å²) < 4.78 is 10.8. The lowest BCUT2D eigenvalue weighted by atomic mass is 9.72. The van der Waals surface area contributed by atoms with Crippen LogP contribution in [0.2, 0.25) is 0 Å². The van der Waals surface area contributed by atoms with E-state index < -0.39 is 35.2 Å². The minimum absolute atomic E-state index is 0.0223. The number of carboxylic acid groups (broad SMARTS) is 1. The third kappa shape index (κ3) is 4.80. The van der Waals surface area contributed by atoms with Crippen LogP contribution >= 0.6 is 15.9 Å². The topological polar surface area (TPSA) is 89.9 Å². The van der Waals surface area contributed by atoms with Gasteiger partial charge in [-0.05, 0) is 31.5 Å². The fourth-order valence-electron chi connectivity index (χ4n) is 2.51. The van der Waals surface area contributed by atoms with Crippen LogP contribution in [0.25, 0.3) is 0 Å². The molecule has 0 aromatic heterocycles. The number of carbonyl (C=O) groups is 3. The van der Waals surface area contributed by atoms with Crippen molar-refractivity contribution >= 4 is 33.8 Å². The molecular weight excluding hydrogens is 380 g/mol. The summed E-state index contributed by atoms with van der Waals surface area (Å²) >= 11 is 3.31. The molecule has 0 spiro atoms. The molecule has 0 aliphatic rings. The Morgan fingerprint density at radius 2 is 1.75 bits per heavy atom. The highest BCUT2D eigenvalue weighted by Gasteiger charge is 2.48. The van der Waals surface area contributed by atoms with Gasteiger partial charge in [0, 0.05) is 4.47 Å². The number of esters is 2. The fraction of sp³-hybridized carbons (Fsp3) is 0.471. The highest BCUT2D eigenvalue weighted by atomic mass is 79.9. The van der Waals surface area contributed by atoms with Gasteiger partial charge < -0.3 is 14.6 Å². The van der Waals surface area contributed by atoms with Crippen LogP contribution in [-0.4, -0.2) is 30.1 Å². The molecule has 0 saturated carbocycles. The van der Waals surface area contributed by atoms with Gasteiger partial charge in [-0.25, -0.2) is 0 Å². The number of carbonyl (C=O) groups excluding carboxylic acids is 2. The largest absolute Gasteiger partial charge is 0.481 e. The first-order valence-corrected chi connectivity index (χ1v) is 8.12. The van der Waals surface area contributed by atoms with Gasteiger partial charge in [-0.15, -0.1) is 0 Å². The average Bonchev–Trinajstić information content (AvgIpc) is 2.52. The maximum absolute atomic E-state index is 12.4. The van der Waals surface area contributed by atoms with Crippen molar-refractivity contribution in [1.29, 1.82) is 0 Å². The molecule has 0 saturated heterocycles. The quantitative estimate of drug-likeness (QED) is 0.707. The zero-order chi connectivity index (χ0) is 18.5. The van der Waals surface area contributed by atoms with E-state index in [4.69, 9.17) is 4.74 Å². The van der Waals surface area contributed by atoms with E-state index in [1.807, 2.05) is 12.1 Å². The van der Waals surface area contributed by atoms with E-state index >= 15 is 0 Å². The summed E-state index contributed by atoms with van der Waals surface area (Å²) in [6, 6.07) is 7.20. The highest BCUT2D eigenvalue weighted by molar-refractivity contribution is 9.10. The van der Waals surface area contributed by atoms with Gasteiger partial charge in [0.05, 0.1) is 24.4 Å². The minimum atomic E-state index is -1.39. The van der Waals surface area contributed by atoms with E-state index in [1.165, 1.54) is 27.9 Å². The Morgan fingerprint density at radius 1 is 1.21 bits per heavy atom. The second-order valence-electron chi connectivity index (χ2n) is 6.05. The number of benzene rings is 1. The van der Waals surface area contributed by atoms with Crippen LogP contribution in [0.4, 0.5) is 0 Å². The van der Waals surface area contributed by atoms with Crippen molar-refractivity contribution in [3.63, 3.8) is 0 Å². The van der Waals surface area contributed by atoms with Gasteiger partial charge in [0.15, 0.2) is 0 Å². The van der Waals surface area contributed by atoms with Crippen molar-refractivity contribution in [2.24, 2.45) is 17.3 Å². The number of carboxylic acids is 1. The van der Waals surface area contributed by atoms with E-state index in [9.17, 15) is 19.5 Å². The van der Waals surface area contributed by atoms with Gasteiger partial charge in [-0.1, -0.05) is 35.0 Å². The SMILES string of the molecule is COC(=O)C(C)C(C(=O)O)C(C)(C)C(=O)OCc1ccc(Br)cc1. The first-order chi connectivity index (χ1) is 11.1. The van der Waals surface area contributed by atoms with Crippen LogP contribution in [-0.2, 0) is 30.5 Å². The molecule has 132 valence electrons. The number of methoxy groups -OCH3 is 1. The van der Waals surface area contributed by atoms with Crippen LogP contribution in [0.1, 0.15) is 26.3 Å². The zero-order valence-electron chi connectivity index (χ0n) is 14.0. The van der Waals surface area contributed by atoms with Crippen molar-refractivity contribution in [2.75, 3.05) is 7.11 Å². The maximum Gasteiger partial charge on any atom is 0.312 e. The van der Waals surface area contributed by atoms with Gasteiger partial charge in [0.1, 0.15) is 6.61 Å². The Morgan fingerprint density at radius 3 is 2.21 bits per heavy atom. The smallest absolute Gasteiger partial charge is 0.312 e. The fourth-order valence-corrected chi connectivity index (χ4v) is 2.78. The van der Waals surface area contributed by atoms with E-state index in [-0.39, 0.29) is 6.61 Å². The molecule has 0 radical (unpaired) electrons. The van der Waals surface area contributed by atoms with Gasteiger partial charge in [0.25, 0.3) is 0 Å². The average molecular weight is 401 g/mol. The minimum Gasteiger partial charge on any atom is -0.481 e. The molecule has 0 heterocycles. The standard InChI is InChI=1S/C17H21BrO6/c1-10(15(21)23-4)13(14(19)20)17(2,3)16(22)24-9-11-5-7-12(18)8-6-11/h5-8,10,13H,9H2,1-4H3,(H,19,20). The summed E-state index contributed by atoms with van der Waals surface area (Å²) in [5, 5.41) is 9.47. The number of rotatable bonds is 7. The molecule has 24 heavy (non-hydrogen) atoms. The molecule has 0 aliphatic heterocycles. The summed E-state index contributed by atoms with van der Waals surface area (Å²) in [4.78, 5) is 35.7. The zero-order valence-corrected chi connectivity index (χ0v) is 15.6. The lowest BCUT2D eigenvalue weighted by molar-refractivity contribution is -0.172. The molecule has 6 nitrogen and oxygen atoms in total. The van der Waals surface area contributed by atoms with Crippen LogP contribution in [0.5, 0.6) is 0 Å². The van der Waals surface area contributed by atoms with E-state index in [1.54, 1.807) is 12.1 Å². The molecular formula is C17H21BrO6. The van der Waals surface area contributed by atoms with Crippen molar-refractivity contribution in [3.8, 4) is 0 Å². The second-order valence-corrected chi connectivity index (χ2v) is 6.97. The monoisotopic (exact) mass is 400 g/mol. The van der Waals surface area contributed by atoms with Crippen LogP contribution < -0.4 is 0 Å². The lowest BCUT2D eigenvalue weighted by Crippen LogP contribution is -2.44. The summed E-state index contributed by atoms with van der Waals surface area (Å²) in [5.41, 5.74) is -0.621. The molecule has 0 aliphatic carbocycles. The number of aliphatic carboxylic acids is 1. The van der Waals surface area contributed by atoms with Crippen molar-refractivity contribution in [2.45, 2.75) is 27.4 Å². The van der Waals surface area contributed by atoms with Crippen molar-refractivity contribution < 1.29 is 29.0 Å². The van der Waals surface area contributed by atoms with E-state index in [2.05, 4.69) is 20.7 Å². The Kier molecular flexibility index (Phi) is 6.95. The third-order valence-corrected chi connectivity index (χ3v) is 4.45. The van der Waals surface area contributed by atoms with Gasteiger partial charge >= 0.3 is 17.9 Å². The molecule has 0 fully saturated rings. The van der Waals surface area contributed by atoms with E-state index in [0.717, 1.165) is 10.0 Å². The Balaban J connectivity index is 2.89. The molecule has 0 amide bonds. The summed E-state index contributed by atoms with van der Waals surface area (Å²) in [5.74, 6) is -4.87. The number of hydrogen-bond acceptors (Lipinski definition) is 5. The van der Waals surface area contributed by atoms with Crippen LogP contribution in [0.15, 0.2) is 28.7 Å². The first-order valence-electron chi connectivity index (χ1n) is 7.33. The number of ether oxygens (including phenoxy) is 2. The molecule has 1 rings (SSSR count). The van der Waals surface area contributed by atoms with Crippen molar-refractivity contribution in [3.05, 3.63) is 34.3 Å². The molecule has 1 aromatic rings. The third-order valence-electron chi connectivity index (χ3n) is 3.93. The Bertz CT molecular complexity index is 608. The highest BCUT2D eigenvalue weighted by Crippen LogP contribution is 2.35. The second kappa shape index (κ2) is 8.28. The molecule has 2 atom stereocenters. The number of halogens is 1. The summed E-state index contributed by atoms with van der Waals surface area (Å²) in [6.07, 6.45) is 0. The van der Waals surface area contributed by atoms with Gasteiger partial charge in [-0.3, -0.25) is 14.4 Å². The molecule has 1 N–H and O–H groups in total. The predicted molar refractivity (Wildman–Crippen MR) is 90.0 cm³/mol. The van der Waals surface area contributed by atoms with Gasteiger partial charge in [-0.2, -0.15) is 0 Å². The Labute approximate surface area is 149 Å². The molecule has 7 heteroatoms. The normalized spacial score (nSPS) is 13.7. The predicted octanol–water partition coefficient (Wildman–Crippen LogP) is 3.03. The van der Waals surface area contributed by atoms with Gasteiger partial charge in [0.2, 0.25) is 0 Å². The molecule has 2 unspecified atom stereocenters. The van der Waals surface area contributed by atoms with E-state index in [0.29, 0.717) is 0 Å². The van der Waals surface area contributed by atoms with Crippen molar-refractivity contribution in [1.82, 2.24) is 0 Å².